The zero-order valence-corrected chi connectivity index (χ0v) is 14.9. The van der Waals surface area contributed by atoms with E-state index in [1.165, 1.54) is 17.0 Å². The van der Waals surface area contributed by atoms with Crippen LogP contribution in [0.15, 0.2) is 12.1 Å². The number of benzene rings is 1. The number of hydrogen-bond acceptors (Lipinski definition) is 6. The Labute approximate surface area is 154 Å². The second kappa shape index (κ2) is 10.4. The molecule has 0 spiro atoms. The second-order valence-corrected chi connectivity index (χ2v) is 6.22. The first-order valence-corrected chi connectivity index (χ1v) is 8.14. The minimum atomic E-state index is -1.04. The van der Waals surface area contributed by atoms with Gasteiger partial charge < -0.3 is 20.4 Å². The number of phenolic OH excluding ortho intramolecular Hbond substituents is 1. The van der Waals surface area contributed by atoms with Gasteiger partial charge in [0.1, 0.15) is 0 Å². The van der Waals surface area contributed by atoms with Crippen molar-refractivity contribution < 1.29 is 30.0 Å². The summed E-state index contributed by atoms with van der Waals surface area (Å²) in [6.45, 7) is 0.176. The van der Waals surface area contributed by atoms with E-state index in [2.05, 4.69) is 0 Å². The number of hydrogen-bond donors (Lipinski definition) is 4. The minimum Gasteiger partial charge on any atom is -0.505 e. The Hall–Kier alpha value is -1.58. The molecule has 25 heavy (non-hydrogen) atoms. The summed E-state index contributed by atoms with van der Waals surface area (Å²) < 4.78 is 0. The average Bonchev–Trinajstić information content (AvgIpc) is 2.49. The van der Waals surface area contributed by atoms with E-state index in [1.807, 2.05) is 0 Å². The number of aliphatic hydroxyl groups excluding tert-OH is 1. The number of phenols is 1. The van der Waals surface area contributed by atoms with Crippen LogP contribution in [0.4, 0.5) is 0 Å². The molecule has 0 heterocycles. The van der Waals surface area contributed by atoms with Crippen LogP contribution >= 0.6 is 23.2 Å². The highest BCUT2D eigenvalue weighted by molar-refractivity contribution is 6.37. The Morgan fingerprint density at radius 1 is 0.920 bits per heavy atom. The maximum atomic E-state index is 11.1. The van der Waals surface area contributed by atoms with Gasteiger partial charge in [-0.2, -0.15) is 0 Å². The van der Waals surface area contributed by atoms with Crippen molar-refractivity contribution in [1.82, 2.24) is 9.80 Å². The molecule has 0 radical (unpaired) electrons. The van der Waals surface area contributed by atoms with E-state index >= 15 is 0 Å². The first kappa shape index (κ1) is 21.5. The van der Waals surface area contributed by atoms with Crippen molar-refractivity contribution in [2.45, 2.75) is 6.54 Å². The number of rotatable bonds is 11. The van der Waals surface area contributed by atoms with E-state index in [0.29, 0.717) is 5.56 Å². The topological polar surface area (TPSA) is 122 Å². The molecule has 0 saturated heterocycles. The Morgan fingerprint density at radius 3 is 1.88 bits per heavy atom. The fourth-order valence-electron chi connectivity index (χ4n) is 2.26. The zero-order chi connectivity index (χ0) is 19.0. The van der Waals surface area contributed by atoms with Gasteiger partial charge in [0.25, 0.3) is 0 Å². The predicted molar refractivity (Wildman–Crippen MR) is 92.2 cm³/mol. The molecule has 4 N–H and O–H groups in total. The van der Waals surface area contributed by atoms with E-state index in [9.17, 15) is 14.7 Å². The number of carboxylic acid groups (broad SMARTS) is 2. The number of carbonyl (C=O) groups is 2. The van der Waals surface area contributed by atoms with Crippen molar-refractivity contribution in [2.24, 2.45) is 0 Å². The standard InChI is InChI=1S/C15H20Cl2N2O6/c16-11-5-10(6-12(17)15(11)25)7-19(9-14(23)24)2-1-18(3-4-20)8-13(21)22/h5-6,20,25H,1-4,7-9H2,(H,21,22)(H,23,24). The van der Waals surface area contributed by atoms with Crippen molar-refractivity contribution in [1.29, 1.82) is 0 Å². The number of aromatic hydroxyl groups is 1. The molecule has 1 aromatic carbocycles. The maximum absolute atomic E-state index is 11.1. The van der Waals surface area contributed by atoms with E-state index < -0.39 is 11.9 Å². The number of halogens is 2. The Bertz CT molecular complexity index is 591. The molecule has 8 nitrogen and oxygen atoms in total. The van der Waals surface area contributed by atoms with Crippen molar-refractivity contribution in [3.05, 3.63) is 27.7 Å². The van der Waals surface area contributed by atoms with Crippen LogP contribution in [0, 0.1) is 0 Å². The molecule has 1 rings (SSSR count). The van der Waals surface area contributed by atoms with Gasteiger partial charge in [-0.05, 0) is 17.7 Å². The molecule has 1 aromatic rings. The van der Waals surface area contributed by atoms with Gasteiger partial charge in [0.2, 0.25) is 0 Å². The first-order chi connectivity index (χ1) is 11.7. The van der Waals surface area contributed by atoms with Crippen molar-refractivity contribution >= 4 is 35.1 Å². The summed E-state index contributed by atoms with van der Waals surface area (Å²) in [5.41, 5.74) is 0.612. The largest absolute Gasteiger partial charge is 0.505 e. The molecular weight excluding hydrogens is 375 g/mol. The lowest BCUT2D eigenvalue weighted by Gasteiger charge is -2.25. The third-order valence-electron chi connectivity index (χ3n) is 3.35. The van der Waals surface area contributed by atoms with E-state index in [-0.39, 0.29) is 61.7 Å². The average molecular weight is 395 g/mol. The summed E-state index contributed by atoms with van der Waals surface area (Å²) in [6.07, 6.45) is 0. The Kier molecular flexibility index (Phi) is 8.95. The van der Waals surface area contributed by atoms with E-state index in [1.54, 1.807) is 4.90 Å². The molecule has 0 unspecified atom stereocenters. The number of aliphatic carboxylic acids is 2. The summed E-state index contributed by atoms with van der Waals surface area (Å²) in [4.78, 5) is 25.0. The van der Waals surface area contributed by atoms with Gasteiger partial charge in [0, 0.05) is 26.2 Å². The molecule has 0 aromatic heterocycles. The highest BCUT2D eigenvalue weighted by Gasteiger charge is 2.16. The summed E-state index contributed by atoms with van der Waals surface area (Å²) >= 11 is 11.7. The van der Waals surface area contributed by atoms with Crippen molar-refractivity contribution in [3.8, 4) is 5.75 Å². The smallest absolute Gasteiger partial charge is 0.317 e. The molecule has 0 atom stereocenters. The van der Waals surface area contributed by atoms with Gasteiger partial charge in [0.15, 0.2) is 5.75 Å². The normalized spacial score (nSPS) is 11.2. The van der Waals surface area contributed by atoms with Crippen LogP contribution in [0.1, 0.15) is 5.56 Å². The van der Waals surface area contributed by atoms with Crippen LogP contribution in [0.2, 0.25) is 10.0 Å². The molecule has 0 aliphatic carbocycles. The Morgan fingerprint density at radius 2 is 1.40 bits per heavy atom. The summed E-state index contributed by atoms with van der Waals surface area (Å²) in [7, 11) is 0. The van der Waals surface area contributed by atoms with Crippen LogP contribution in [0.5, 0.6) is 5.75 Å². The van der Waals surface area contributed by atoms with Crippen LogP contribution in [0.25, 0.3) is 0 Å². The highest BCUT2D eigenvalue weighted by Crippen LogP contribution is 2.33. The fourth-order valence-corrected chi connectivity index (χ4v) is 2.79. The monoisotopic (exact) mass is 394 g/mol. The summed E-state index contributed by atoms with van der Waals surface area (Å²) in [6, 6.07) is 2.97. The summed E-state index contributed by atoms with van der Waals surface area (Å²) in [5.74, 6) is -2.31. The summed E-state index contributed by atoms with van der Waals surface area (Å²) in [5, 5.41) is 36.6. The molecule has 140 valence electrons. The van der Waals surface area contributed by atoms with Gasteiger partial charge in [0.05, 0.1) is 29.7 Å². The van der Waals surface area contributed by atoms with Crippen molar-refractivity contribution in [2.75, 3.05) is 39.3 Å². The fraction of sp³-hybridized carbons (Fsp3) is 0.467. The van der Waals surface area contributed by atoms with Gasteiger partial charge in [-0.3, -0.25) is 19.4 Å². The van der Waals surface area contributed by atoms with Crippen LogP contribution in [-0.2, 0) is 16.1 Å². The van der Waals surface area contributed by atoms with Gasteiger partial charge in [-0.15, -0.1) is 0 Å². The molecule has 0 fully saturated rings. The number of aliphatic hydroxyl groups is 1. The quantitative estimate of drug-likeness (QED) is 0.437. The van der Waals surface area contributed by atoms with Gasteiger partial charge in [-0.25, -0.2) is 0 Å². The van der Waals surface area contributed by atoms with Gasteiger partial charge in [-0.1, -0.05) is 23.2 Å². The highest BCUT2D eigenvalue weighted by atomic mass is 35.5. The first-order valence-electron chi connectivity index (χ1n) is 7.39. The van der Waals surface area contributed by atoms with E-state index in [4.69, 9.17) is 38.5 Å². The lowest BCUT2D eigenvalue weighted by atomic mass is 10.2. The SMILES string of the molecule is O=C(O)CN(CCO)CCN(CC(=O)O)Cc1cc(Cl)c(O)c(Cl)c1. The zero-order valence-electron chi connectivity index (χ0n) is 13.4. The number of nitrogens with zero attached hydrogens (tertiary/aromatic N) is 2. The third kappa shape index (κ3) is 7.89. The predicted octanol–water partition coefficient (Wildman–Crippen LogP) is 0.965. The van der Waals surface area contributed by atoms with Crippen LogP contribution < -0.4 is 0 Å². The minimum absolute atomic E-state index is 0.0607. The van der Waals surface area contributed by atoms with E-state index in [0.717, 1.165) is 0 Å². The van der Waals surface area contributed by atoms with Gasteiger partial charge >= 0.3 is 11.9 Å². The molecule has 0 aliphatic rings. The van der Waals surface area contributed by atoms with Crippen LogP contribution in [0.3, 0.4) is 0 Å². The molecule has 0 bridgehead atoms. The van der Waals surface area contributed by atoms with Crippen LogP contribution in [-0.4, -0.2) is 81.5 Å². The third-order valence-corrected chi connectivity index (χ3v) is 3.93. The molecule has 0 aliphatic heterocycles. The lowest BCUT2D eigenvalue weighted by Crippen LogP contribution is -2.40. The molecule has 0 amide bonds. The molecule has 0 saturated carbocycles. The number of carboxylic acids is 2. The molecular formula is C15H20Cl2N2O6. The van der Waals surface area contributed by atoms with Crippen molar-refractivity contribution in [3.63, 3.8) is 0 Å². The maximum Gasteiger partial charge on any atom is 0.317 e. The Balaban J connectivity index is 2.79. The molecule has 10 heteroatoms. The lowest BCUT2D eigenvalue weighted by molar-refractivity contribution is -0.140. The second-order valence-electron chi connectivity index (χ2n) is 5.41.